The second kappa shape index (κ2) is 11.0. The van der Waals surface area contributed by atoms with Gasteiger partial charge in [0, 0.05) is 84.9 Å². The first-order valence-electron chi connectivity index (χ1n) is 14.9. The summed E-state index contributed by atoms with van der Waals surface area (Å²) in [6, 6.07) is 15.3. The molecule has 4 aromatic rings. The fourth-order valence-corrected chi connectivity index (χ4v) is 6.96. The summed E-state index contributed by atoms with van der Waals surface area (Å²) < 4.78 is 1.91. The van der Waals surface area contributed by atoms with E-state index in [-0.39, 0.29) is 5.91 Å². The number of likely N-dealkylation sites (tertiary alicyclic amines) is 1. The van der Waals surface area contributed by atoms with Gasteiger partial charge in [0.25, 0.3) is 5.91 Å². The zero-order chi connectivity index (χ0) is 27.8. The molecule has 1 amide bonds. The molecule has 2 unspecified atom stereocenters. The maximum Gasteiger partial charge on any atom is 0.253 e. The van der Waals surface area contributed by atoms with E-state index in [1.54, 1.807) is 12.4 Å². The summed E-state index contributed by atoms with van der Waals surface area (Å²) in [4.78, 5) is 31.8. The van der Waals surface area contributed by atoms with Crippen molar-refractivity contribution < 1.29 is 4.79 Å². The van der Waals surface area contributed by atoms with Gasteiger partial charge in [-0.15, -0.1) is 0 Å². The summed E-state index contributed by atoms with van der Waals surface area (Å²) in [5, 5.41) is 8.06. The lowest BCUT2D eigenvalue weighted by molar-refractivity contribution is 0.0284. The van der Waals surface area contributed by atoms with E-state index in [4.69, 9.17) is 10.1 Å². The highest BCUT2D eigenvalue weighted by Crippen LogP contribution is 2.37. The van der Waals surface area contributed by atoms with Crippen LogP contribution in [-0.2, 0) is 6.54 Å². The normalized spacial score (nSPS) is 21.0. The van der Waals surface area contributed by atoms with E-state index in [2.05, 4.69) is 32.0 Å². The quantitative estimate of drug-likeness (QED) is 0.331. The highest BCUT2D eigenvalue weighted by molar-refractivity contribution is 5.94. The molecule has 0 radical (unpaired) electrons. The van der Waals surface area contributed by atoms with Crippen LogP contribution in [0.4, 0.5) is 11.6 Å². The van der Waals surface area contributed by atoms with E-state index >= 15 is 0 Å². The smallest absolute Gasteiger partial charge is 0.253 e. The summed E-state index contributed by atoms with van der Waals surface area (Å²) in [5.74, 6) is 0.621. The highest BCUT2D eigenvalue weighted by atomic mass is 16.2. The van der Waals surface area contributed by atoms with E-state index in [1.807, 2.05) is 59.5 Å². The lowest BCUT2D eigenvalue weighted by Gasteiger charge is -2.44. The van der Waals surface area contributed by atoms with Crippen LogP contribution >= 0.6 is 0 Å². The van der Waals surface area contributed by atoms with Crippen molar-refractivity contribution in [2.24, 2.45) is 0 Å². The van der Waals surface area contributed by atoms with Gasteiger partial charge < -0.3 is 10.2 Å². The average molecular weight is 549 g/mol. The Morgan fingerprint density at radius 2 is 1.73 bits per heavy atom. The minimum atomic E-state index is 0.133. The minimum Gasteiger partial charge on any atom is -0.336 e. The first kappa shape index (κ1) is 25.8. The molecule has 9 nitrogen and oxygen atoms in total. The Morgan fingerprint density at radius 1 is 0.951 bits per heavy atom. The molecule has 210 valence electrons. The summed E-state index contributed by atoms with van der Waals surface area (Å²) in [7, 11) is 0. The number of aryl methyl sites for hydroxylation is 1. The number of aromatic nitrogens is 5. The van der Waals surface area contributed by atoms with Crippen LogP contribution in [0.15, 0.2) is 67.3 Å². The van der Waals surface area contributed by atoms with Gasteiger partial charge in [-0.3, -0.25) is 19.4 Å². The number of fused-ring (bicyclic) bond motifs is 2. The van der Waals surface area contributed by atoms with Crippen molar-refractivity contribution in [3.05, 3.63) is 72.8 Å². The number of benzene rings is 1. The number of hydrogen-bond acceptors (Lipinski definition) is 7. The number of nitrogens with zero attached hydrogens (tertiary/aromatic N) is 7. The van der Waals surface area contributed by atoms with Crippen molar-refractivity contribution in [2.75, 3.05) is 18.4 Å². The Morgan fingerprint density at radius 3 is 2.44 bits per heavy atom. The first-order valence-corrected chi connectivity index (χ1v) is 14.9. The Kier molecular flexibility index (Phi) is 6.96. The zero-order valence-corrected chi connectivity index (χ0v) is 23.5. The SMILES string of the molecule is CCn1cc(-c2ccnc(Nc3ccc(C(=O)N4CC5CCC(C4)N5C4CCCC4)cc3)n2)c(-c2cccnc2)n1. The van der Waals surface area contributed by atoms with Gasteiger partial charge in [0.2, 0.25) is 5.95 Å². The maximum atomic E-state index is 13.4. The standard InChI is InChI=1S/C32H36N8O/c1-2-39-21-28(30(37-39)23-6-5-16-33-18-23)29-15-17-34-32(36-29)35-24-11-9-22(10-12-24)31(41)38-19-26-13-14-27(20-38)40(26)25-7-3-4-8-25/h5-6,9-12,15-18,21,25-27H,2-4,7-8,13-14,19-20H2,1H3,(H,34,35,36). The predicted octanol–water partition coefficient (Wildman–Crippen LogP) is 5.40. The van der Waals surface area contributed by atoms with Gasteiger partial charge in [-0.1, -0.05) is 12.8 Å². The molecule has 1 aromatic carbocycles. The fraction of sp³-hybridized carbons (Fsp3) is 0.406. The van der Waals surface area contributed by atoms with E-state index in [9.17, 15) is 4.79 Å². The summed E-state index contributed by atoms with van der Waals surface area (Å²) in [6.07, 6.45) is 15.1. The van der Waals surface area contributed by atoms with E-state index in [0.29, 0.717) is 18.0 Å². The van der Waals surface area contributed by atoms with Crippen LogP contribution in [0.5, 0.6) is 0 Å². The van der Waals surface area contributed by atoms with Gasteiger partial charge >= 0.3 is 0 Å². The number of nitrogens with one attached hydrogen (secondary N) is 1. The molecule has 9 heteroatoms. The number of carbonyl (C=O) groups excluding carboxylic acids is 1. The molecule has 2 saturated heterocycles. The van der Waals surface area contributed by atoms with Crippen molar-refractivity contribution in [2.45, 2.75) is 70.1 Å². The number of pyridine rings is 1. The first-order chi connectivity index (χ1) is 20.2. The van der Waals surface area contributed by atoms with Gasteiger partial charge in [-0.2, -0.15) is 5.10 Å². The van der Waals surface area contributed by atoms with Crippen LogP contribution in [0.3, 0.4) is 0 Å². The second-order valence-corrected chi connectivity index (χ2v) is 11.4. The number of anilines is 2. The Balaban J connectivity index is 1.05. The van der Waals surface area contributed by atoms with Crippen LogP contribution in [0.1, 0.15) is 55.8 Å². The van der Waals surface area contributed by atoms with Gasteiger partial charge in [0.1, 0.15) is 5.69 Å². The van der Waals surface area contributed by atoms with E-state index in [0.717, 1.165) is 59.4 Å². The van der Waals surface area contributed by atoms with Crippen molar-refractivity contribution in [3.8, 4) is 22.5 Å². The molecule has 1 aliphatic carbocycles. The molecule has 2 atom stereocenters. The predicted molar refractivity (Wildman–Crippen MR) is 159 cm³/mol. The molecular weight excluding hydrogens is 512 g/mol. The van der Waals surface area contributed by atoms with Crippen molar-refractivity contribution in [3.63, 3.8) is 0 Å². The second-order valence-electron chi connectivity index (χ2n) is 11.4. The summed E-state index contributed by atoms with van der Waals surface area (Å²) in [5.41, 5.74) is 5.04. The van der Waals surface area contributed by atoms with Crippen LogP contribution in [0.2, 0.25) is 0 Å². The Labute approximate surface area is 240 Å². The molecule has 2 bridgehead atoms. The van der Waals surface area contributed by atoms with Gasteiger partial charge in [-0.05, 0) is 75.1 Å². The van der Waals surface area contributed by atoms with Crippen molar-refractivity contribution >= 4 is 17.5 Å². The van der Waals surface area contributed by atoms with E-state index in [1.165, 1.54) is 38.5 Å². The maximum absolute atomic E-state index is 13.4. The number of amides is 1. The van der Waals surface area contributed by atoms with Crippen LogP contribution in [0, 0.1) is 0 Å². The van der Waals surface area contributed by atoms with Crippen LogP contribution in [-0.4, -0.2) is 71.7 Å². The molecule has 5 heterocycles. The lowest BCUT2D eigenvalue weighted by Crippen LogP contribution is -2.57. The molecule has 3 aromatic heterocycles. The third kappa shape index (κ3) is 5.10. The lowest BCUT2D eigenvalue weighted by atomic mass is 10.1. The molecule has 3 fully saturated rings. The van der Waals surface area contributed by atoms with Crippen LogP contribution in [0.25, 0.3) is 22.5 Å². The van der Waals surface area contributed by atoms with Crippen molar-refractivity contribution in [1.29, 1.82) is 0 Å². The molecule has 1 N–H and O–H groups in total. The molecular formula is C32H36N8O. The van der Waals surface area contributed by atoms with Gasteiger partial charge in [0.05, 0.1) is 5.69 Å². The van der Waals surface area contributed by atoms with Gasteiger partial charge in [-0.25, -0.2) is 9.97 Å². The van der Waals surface area contributed by atoms with E-state index < -0.39 is 0 Å². The molecule has 1 saturated carbocycles. The summed E-state index contributed by atoms with van der Waals surface area (Å²) in [6.45, 7) is 4.52. The Hall–Kier alpha value is -4.11. The number of hydrogen-bond donors (Lipinski definition) is 1. The zero-order valence-electron chi connectivity index (χ0n) is 23.5. The molecule has 7 rings (SSSR count). The van der Waals surface area contributed by atoms with Crippen molar-refractivity contribution in [1.82, 2.24) is 34.5 Å². The minimum absolute atomic E-state index is 0.133. The molecule has 41 heavy (non-hydrogen) atoms. The fourth-order valence-electron chi connectivity index (χ4n) is 6.96. The number of carbonyl (C=O) groups is 1. The van der Waals surface area contributed by atoms with Crippen LogP contribution < -0.4 is 5.32 Å². The number of piperazine rings is 1. The largest absolute Gasteiger partial charge is 0.336 e. The Bertz CT molecular complexity index is 1500. The topological polar surface area (TPSA) is 92.1 Å². The average Bonchev–Trinajstić information content (AvgIpc) is 3.76. The third-order valence-corrected chi connectivity index (χ3v) is 8.91. The molecule has 0 spiro atoms. The molecule has 2 aliphatic heterocycles. The number of rotatable bonds is 7. The third-order valence-electron chi connectivity index (χ3n) is 8.91. The highest BCUT2D eigenvalue weighted by Gasteiger charge is 2.44. The van der Waals surface area contributed by atoms with Gasteiger partial charge in [0.15, 0.2) is 0 Å². The molecule has 3 aliphatic rings. The summed E-state index contributed by atoms with van der Waals surface area (Å²) >= 11 is 0. The monoisotopic (exact) mass is 548 g/mol.